The molecule has 2 aromatic rings. The summed E-state index contributed by atoms with van der Waals surface area (Å²) in [6.07, 6.45) is 4.89. The molecule has 1 heterocycles. The molecule has 0 atom stereocenters. The summed E-state index contributed by atoms with van der Waals surface area (Å²) in [5.41, 5.74) is 0.800. The number of aromatic nitrogens is 2. The van der Waals surface area contributed by atoms with Crippen LogP contribution in [-0.2, 0) is 10.0 Å². The van der Waals surface area contributed by atoms with Crippen molar-refractivity contribution in [1.82, 2.24) is 9.19 Å². The van der Waals surface area contributed by atoms with Crippen LogP contribution in [0.4, 0.5) is 0 Å². The SMILES string of the molecule is CCCCOc1ccc(S(=O)(=O)n2cccn2)cc1C. The lowest BCUT2D eigenvalue weighted by atomic mass is 10.2. The van der Waals surface area contributed by atoms with Gasteiger partial charge in [0.2, 0.25) is 0 Å². The average Bonchev–Trinajstić information content (AvgIpc) is 2.95. The van der Waals surface area contributed by atoms with Crippen molar-refractivity contribution in [3.63, 3.8) is 0 Å². The maximum absolute atomic E-state index is 12.3. The van der Waals surface area contributed by atoms with Crippen LogP contribution in [0.3, 0.4) is 0 Å². The fourth-order valence-corrected chi connectivity index (χ4v) is 2.97. The molecular formula is C14H18N2O3S. The maximum atomic E-state index is 12.3. The Labute approximate surface area is 119 Å². The van der Waals surface area contributed by atoms with Gasteiger partial charge in [0.05, 0.1) is 17.7 Å². The van der Waals surface area contributed by atoms with Crippen LogP contribution in [0.1, 0.15) is 25.3 Å². The van der Waals surface area contributed by atoms with Crippen LogP contribution in [0.2, 0.25) is 0 Å². The summed E-state index contributed by atoms with van der Waals surface area (Å²) in [6, 6.07) is 6.43. The van der Waals surface area contributed by atoms with Crippen molar-refractivity contribution in [3.8, 4) is 5.75 Å². The fraction of sp³-hybridized carbons (Fsp3) is 0.357. The van der Waals surface area contributed by atoms with Gasteiger partial charge in [0.1, 0.15) is 5.75 Å². The summed E-state index contributed by atoms with van der Waals surface area (Å²) in [5.74, 6) is 0.720. The molecule has 0 aliphatic rings. The molecule has 6 heteroatoms. The summed E-state index contributed by atoms with van der Waals surface area (Å²) in [7, 11) is -3.61. The zero-order valence-corrected chi connectivity index (χ0v) is 12.4. The van der Waals surface area contributed by atoms with Crippen LogP contribution in [0, 0.1) is 6.92 Å². The van der Waals surface area contributed by atoms with Gasteiger partial charge in [-0.2, -0.15) is 17.6 Å². The molecule has 1 aromatic heterocycles. The standard InChI is InChI=1S/C14H18N2O3S/c1-3-4-10-19-14-7-6-13(11-12(14)2)20(17,18)16-9-5-8-15-16/h5-9,11H,3-4,10H2,1-2H3. The van der Waals surface area contributed by atoms with Crippen molar-refractivity contribution in [3.05, 3.63) is 42.2 Å². The van der Waals surface area contributed by atoms with E-state index >= 15 is 0 Å². The van der Waals surface area contributed by atoms with Gasteiger partial charge in [-0.05, 0) is 43.2 Å². The quantitative estimate of drug-likeness (QED) is 0.768. The molecule has 1 aromatic carbocycles. The van der Waals surface area contributed by atoms with Crippen LogP contribution >= 0.6 is 0 Å². The number of rotatable bonds is 6. The third-order valence-electron chi connectivity index (χ3n) is 2.93. The molecule has 0 unspecified atom stereocenters. The maximum Gasteiger partial charge on any atom is 0.282 e. The van der Waals surface area contributed by atoms with E-state index in [-0.39, 0.29) is 4.90 Å². The van der Waals surface area contributed by atoms with Gasteiger partial charge in [-0.25, -0.2) is 0 Å². The summed E-state index contributed by atoms with van der Waals surface area (Å²) in [6.45, 7) is 4.57. The summed E-state index contributed by atoms with van der Waals surface area (Å²) in [4.78, 5) is 0.210. The molecule has 0 amide bonds. The highest BCUT2D eigenvalue weighted by Crippen LogP contribution is 2.23. The first-order valence-electron chi connectivity index (χ1n) is 6.54. The topological polar surface area (TPSA) is 61.2 Å². The van der Waals surface area contributed by atoms with Crippen molar-refractivity contribution in [2.24, 2.45) is 0 Å². The minimum Gasteiger partial charge on any atom is -0.493 e. The molecule has 20 heavy (non-hydrogen) atoms. The van der Waals surface area contributed by atoms with E-state index in [0.29, 0.717) is 6.61 Å². The van der Waals surface area contributed by atoms with E-state index in [2.05, 4.69) is 12.0 Å². The number of benzene rings is 1. The van der Waals surface area contributed by atoms with Gasteiger partial charge in [0.25, 0.3) is 10.0 Å². The Bertz CT molecular complexity index is 664. The normalized spacial score (nSPS) is 11.5. The van der Waals surface area contributed by atoms with E-state index in [4.69, 9.17) is 4.74 Å². The molecular weight excluding hydrogens is 276 g/mol. The van der Waals surface area contributed by atoms with Gasteiger partial charge in [0, 0.05) is 6.20 Å². The smallest absolute Gasteiger partial charge is 0.282 e. The predicted molar refractivity (Wildman–Crippen MR) is 76.4 cm³/mol. The second kappa shape index (κ2) is 6.09. The number of unbranched alkanes of at least 4 members (excludes halogenated alkanes) is 1. The molecule has 0 saturated carbocycles. The van der Waals surface area contributed by atoms with Crippen molar-refractivity contribution >= 4 is 10.0 Å². The van der Waals surface area contributed by atoms with Gasteiger partial charge in [-0.1, -0.05) is 13.3 Å². The van der Waals surface area contributed by atoms with Gasteiger partial charge < -0.3 is 4.74 Å². The van der Waals surface area contributed by atoms with E-state index < -0.39 is 10.0 Å². The Morgan fingerprint density at radius 2 is 2.15 bits per heavy atom. The van der Waals surface area contributed by atoms with Crippen LogP contribution in [0.25, 0.3) is 0 Å². The predicted octanol–water partition coefficient (Wildman–Crippen LogP) is 2.61. The Morgan fingerprint density at radius 3 is 2.75 bits per heavy atom. The fourth-order valence-electron chi connectivity index (χ4n) is 1.78. The van der Waals surface area contributed by atoms with E-state index in [1.165, 1.54) is 12.4 Å². The van der Waals surface area contributed by atoms with E-state index in [1.807, 2.05) is 6.92 Å². The zero-order chi connectivity index (χ0) is 14.6. The van der Waals surface area contributed by atoms with Gasteiger partial charge >= 0.3 is 0 Å². The van der Waals surface area contributed by atoms with Gasteiger partial charge in [0.15, 0.2) is 0 Å². The Hall–Kier alpha value is -1.82. The molecule has 0 fully saturated rings. The van der Waals surface area contributed by atoms with Crippen LogP contribution in [-0.4, -0.2) is 24.2 Å². The second-order valence-corrected chi connectivity index (χ2v) is 6.31. The molecule has 0 N–H and O–H groups in total. The highest BCUT2D eigenvalue weighted by Gasteiger charge is 2.18. The third-order valence-corrected chi connectivity index (χ3v) is 4.48. The van der Waals surface area contributed by atoms with Crippen molar-refractivity contribution in [2.45, 2.75) is 31.6 Å². The molecule has 0 radical (unpaired) electrons. The second-order valence-electron chi connectivity index (χ2n) is 4.51. The van der Waals surface area contributed by atoms with E-state index in [1.54, 1.807) is 24.3 Å². The van der Waals surface area contributed by atoms with Crippen LogP contribution < -0.4 is 4.74 Å². The molecule has 0 bridgehead atoms. The van der Waals surface area contributed by atoms with Crippen LogP contribution in [0.15, 0.2) is 41.6 Å². The molecule has 5 nitrogen and oxygen atoms in total. The van der Waals surface area contributed by atoms with Crippen LogP contribution in [0.5, 0.6) is 5.75 Å². The van der Waals surface area contributed by atoms with Gasteiger partial charge in [-0.3, -0.25) is 0 Å². The number of nitrogens with zero attached hydrogens (tertiary/aromatic N) is 2. The number of aryl methyl sites for hydroxylation is 1. The lowest BCUT2D eigenvalue weighted by Crippen LogP contribution is -2.13. The van der Waals surface area contributed by atoms with E-state index in [9.17, 15) is 8.42 Å². The lowest BCUT2D eigenvalue weighted by molar-refractivity contribution is 0.307. The Balaban J connectivity index is 2.25. The Morgan fingerprint density at radius 1 is 1.35 bits per heavy atom. The summed E-state index contributed by atoms with van der Waals surface area (Å²) in [5, 5.41) is 3.77. The van der Waals surface area contributed by atoms with Crippen molar-refractivity contribution in [2.75, 3.05) is 6.61 Å². The van der Waals surface area contributed by atoms with E-state index in [0.717, 1.165) is 28.2 Å². The first kappa shape index (κ1) is 14.6. The summed E-state index contributed by atoms with van der Waals surface area (Å²) < 4.78 is 31.1. The molecule has 0 saturated heterocycles. The minimum atomic E-state index is -3.61. The van der Waals surface area contributed by atoms with Crippen molar-refractivity contribution in [1.29, 1.82) is 0 Å². The molecule has 108 valence electrons. The first-order chi connectivity index (χ1) is 9.55. The highest BCUT2D eigenvalue weighted by molar-refractivity contribution is 7.89. The monoisotopic (exact) mass is 294 g/mol. The number of hydrogen-bond acceptors (Lipinski definition) is 4. The highest BCUT2D eigenvalue weighted by atomic mass is 32.2. The minimum absolute atomic E-state index is 0.210. The zero-order valence-electron chi connectivity index (χ0n) is 11.6. The molecule has 2 rings (SSSR count). The average molecular weight is 294 g/mol. The number of hydrogen-bond donors (Lipinski definition) is 0. The van der Waals surface area contributed by atoms with Gasteiger partial charge in [-0.15, -0.1) is 0 Å². The Kier molecular flexibility index (Phi) is 4.44. The summed E-state index contributed by atoms with van der Waals surface area (Å²) >= 11 is 0. The molecule has 0 aliphatic carbocycles. The molecule has 0 spiro atoms. The first-order valence-corrected chi connectivity index (χ1v) is 7.98. The lowest BCUT2D eigenvalue weighted by Gasteiger charge is -2.10. The van der Waals surface area contributed by atoms with Crippen molar-refractivity contribution < 1.29 is 13.2 Å². The third kappa shape index (κ3) is 3.01. The molecule has 0 aliphatic heterocycles. The largest absolute Gasteiger partial charge is 0.493 e. The number of ether oxygens (including phenoxy) is 1.